The van der Waals surface area contributed by atoms with Gasteiger partial charge in [-0.15, -0.1) is 0 Å². The van der Waals surface area contributed by atoms with Gasteiger partial charge in [0.2, 0.25) is 5.91 Å². The third-order valence-corrected chi connectivity index (χ3v) is 2.27. The van der Waals surface area contributed by atoms with Crippen molar-refractivity contribution in [3.63, 3.8) is 0 Å². The number of amides is 1. The van der Waals surface area contributed by atoms with Crippen LogP contribution >= 0.6 is 15.9 Å². The number of halogens is 5. The van der Waals surface area contributed by atoms with Gasteiger partial charge < -0.3 is 4.74 Å². The molecule has 0 heterocycles. The van der Waals surface area contributed by atoms with Crippen molar-refractivity contribution >= 4 is 21.8 Å². The highest BCUT2D eigenvalue weighted by Crippen LogP contribution is 2.40. The van der Waals surface area contributed by atoms with Gasteiger partial charge in [0.05, 0.1) is 0 Å². The van der Waals surface area contributed by atoms with Crippen LogP contribution in [0, 0.1) is 0 Å². The van der Waals surface area contributed by atoms with Crippen molar-refractivity contribution in [2.75, 3.05) is 0 Å². The van der Waals surface area contributed by atoms with Crippen LogP contribution in [0.15, 0.2) is 29.4 Å². The lowest BCUT2D eigenvalue weighted by Crippen LogP contribution is -2.40. The quantitative estimate of drug-likeness (QED) is 0.272. The van der Waals surface area contributed by atoms with E-state index >= 15 is 0 Å². The molecule has 0 unspecified atom stereocenters. The largest absolute Gasteiger partial charge is 0.475 e. The molecule has 1 rings (SSSR count). The van der Waals surface area contributed by atoms with Gasteiger partial charge >= 0.3 is 10.9 Å². The van der Waals surface area contributed by atoms with Crippen LogP contribution in [-0.2, 0) is 0 Å². The molecule has 0 atom stereocenters. The van der Waals surface area contributed by atoms with E-state index in [9.17, 15) is 22.4 Å². The van der Waals surface area contributed by atoms with Crippen molar-refractivity contribution in [3.8, 4) is 5.75 Å². The van der Waals surface area contributed by atoms with E-state index in [1.807, 2.05) is 0 Å². The molecule has 0 fully saturated rings. The Balaban J connectivity index is 2.89. The summed E-state index contributed by atoms with van der Waals surface area (Å²) in [4.78, 5) is 8.77. The van der Waals surface area contributed by atoms with Crippen molar-refractivity contribution in [2.24, 2.45) is 5.11 Å². The summed E-state index contributed by atoms with van der Waals surface area (Å²) in [7, 11) is 0. The lowest BCUT2D eigenvalue weighted by Gasteiger charge is -2.21. The fraction of sp³-hybridized carbons (Fsp3) is 0.222. The van der Waals surface area contributed by atoms with Gasteiger partial charge in [-0.3, -0.25) is 4.79 Å². The van der Waals surface area contributed by atoms with Gasteiger partial charge in [0, 0.05) is 26.4 Å². The maximum Gasteiger partial charge on any atom is 0.475 e. The zero-order valence-corrected chi connectivity index (χ0v) is 10.4. The van der Waals surface area contributed by atoms with E-state index in [0.29, 0.717) is 0 Å². The summed E-state index contributed by atoms with van der Waals surface area (Å²) >= 11 is 1.50. The van der Waals surface area contributed by atoms with Crippen LogP contribution in [-0.4, -0.2) is 16.8 Å². The average Bonchev–Trinajstić information content (AvgIpc) is 2.28. The van der Waals surface area contributed by atoms with Gasteiger partial charge in [0.25, 0.3) is 0 Å². The summed E-state index contributed by atoms with van der Waals surface area (Å²) in [6.45, 7) is 0. The SMILES string of the molecule is [N-]=[N+]=NC(=O)c1ccc(OC(F)(F)C(F)(F)Br)cc1. The van der Waals surface area contributed by atoms with Gasteiger partial charge in [-0.2, -0.15) is 17.6 Å². The second-order valence-electron chi connectivity index (χ2n) is 3.14. The van der Waals surface area contributed by atoms with E-state index in [2.05, 4.69) is 14.8 Å². The minimum absolute atomic E-state index is 0.0981. The molecule has 0 spiro atoms. The smallest absolute Gasteiger partial charge is 0.427 e. The molecule has 5 nitrogen and oxygen atoms in total. The second kappa shape index (κ2) is 5.45. The van der Waals surface area contributed by atoms with Crippen molar-refractivity contribution < 1.29 is 27.1 Å². The summed E-state index contributed by atoms with van der Waals surface area (Å²) in [6.07, 6.45) is -4.76. The summed E-state index contributed by atoms with van der Waals surface area (Å²) in [6, 6.07) is 3.73. The molecule has 1 aromatic rings. The van der Waals surface area contributed by atoms with E-state index in [-0.39, 0.29) is 5.56 Å². The maximum atomic E-state index is 12.8. The van der Waals surface area contributed by atoms with E-state index < -0.39 is 22.6 Å². The summed E-state index contributed by atoms with van der Waals surface area (Å²) in [5.41, 5.74) is 7.92. The average molecular weight is 342 g/mol. The Morgan fingerprint density at radius 2 is 1.79 bits per heavy atom. The number of hydrogen-bond acceptors (Lipinski definition) is 2. The highest BCUT2D eigenvalue weighted by molar-refractivity contribution is 9.10. The number of azide groups is 1. The number of rotatable bonds is 4. The normalized spacial score (nSPS) is 11.6. The molecule has 0 aromatic heterocycles. The molecule has 0 saturated heterocycles. The Bertz CT molecular complexity index is 523. The lowest BCUT2D eigenvalue weighted by atomic mass is 10.2. The van der Waals surface area contributed by atoms with Gasteiger partial charge in [0.15, 0.2) is 0 Å². The fourth-order valence-corrected chi connectivity index (χ4v) is 1.05. The molecular formula is C9H4BrF4N3O2. The fourth-order valence-electron chi connectivity index (χ4n) is 0.970. The monoisotopic (exact) mass is 341 g/mol. The number of alkyl halides is 5. The Labute approximate surface area is 111 Å². The van der Waals surface area contributed by atoms with Crippen LogP contribution in [0.1, 0.15) is 10.4 Å². The molecule has 0 bridgehead atoms. The predicted molar refractivity (Wildman–Crippen MR) is 59.4 cm³/mol. The Morgan fingerprint density at radius 1 is 1.26 bits per heavy atom. The molecule has 0 radical (unpaired) electrons. The zero-order chi connectivity index (χ0) is 14.7. The maximum absolute atomic E-state index is 12.8. The lowest BCUT2D eigenvalue weighted by molar-refractivity contribution is -0.266. The molecule has 0 aliphatic carbocycles. The minimum Gasteiger partial charge on any atom is -0.427 e. The number of hydrogen-bond donors (Lipinski definition) is 0. The summed E-state index contributed by atoms with van der Waals surface area (Å²) in [5.74, 6) is -1.52. The van der Waals surface area contributed by atoms with E-state index in [1.54, 1.807) is 0 Å². The molecular weight excluding hydrogens is 338 g/mol. The van der Waals surface area contributed by atoms with Crippen molar-refractivity contribution in [1.82, 2.24) is 0 Å². The predicted octanol–water partition coefficient (Wildman–Crippen LogP) is 4.10. The molecule has 10 heteroatoms. The van der Waals surface area contributed by atoms with Crippen LogP contribution in [0.4, 0.5) is 17.6 Å². The summed E-state index contributed by atoms with van der Waals surface area (Å²) in [5, 5.41) is 2.76. The van der Waals surface area contributed by atoms with Crippen LogP contribution in [0.25, 0.3) is 10.4 Å². The van der Waals surface area contributed by atoms with Gasteiger partial charge in [-0.05, 0) is 34.9 Å². The molecule has 0 N–H and O–H groups in total. The Hall–Kier alpha value is -1.80. The third-order valence-electron chi connectivity index (χ3n) is 1.81. The van der Waals surface area contributed by atoms with Crippen LogP contribution in [0.5, 0.6) is 5.75 Å². The van der Waals surface area contributed by atoms with Gasteiger partial charge in [0.1, 0.15) is 5.75 Å². The Morgan fingerprint density at radius 3 is 2.21 bits per heavy atom. The number of carbonyl (C=O) groups excluding carboxylic acids is 1. The Kier molecular flexibility index (Phi) is 4.38. The first kappa shape index (κ1) is 15.3. The zero-order valence-electron chi connectivity index (χ0n) is 8.86. The first-order valence-electron chi connectivity index (χ1n) is 4.50. The third kappa shape index (κ3) is 3.83. The first-order chi connectivity index (χ1) is 8.67. The van der Waals surface area contributed by atoms with Gasteiger partial charge in [-0.1, -0.05) is 0 Å². The van der Waals surface area contributed by atoms with E-state index in [4.69, 9.17) is 5.53 Å². The highest BCUT2D eigenvalue weighted by atomic mass is 79.9. The molecule has 19 heavy (non-hydrogen) atoms. The molecule has 1 amide bonds. The van der Waals surface area contributed by atoms with Crippen LogP contribution < -0.4 is 4.74 Å². The highest BCUT2D eigenvalue weighted by Gasteiger charge is 2.57. The van der Waals surface area contributed by atoms with Crippen molar-refractivity contribution in [1.29, 1.82) is 0 Å². The molecule has 0 saturated carbocycles. The molecule has 0 aliphatic rings. The first-order valence-corrected chi connectivity index (χ1v) is 5.30. The second-order valence-corrected chi connectivity index (χ2v) is 4.13. The van der Waals surface area contributed by atoms with Crippen molar-refractivity contribution in [3.05, 3.63) is 40.3 Å². The van der Waals surface area contributed by atoms with E-state index in [0.717, 1.165) is 24.3 Å². The van der Waals surface area contributed by atoms with Crippen LogP contribution in [0.2, 0.25) is 0 Å². The number of carbonyl (C=O) groups is 1. The van der Waals surface area contributed by atoms with E-state index in [1.165, 1.54) is 15.9 Å². The standard InChI is InChI=1S/C9H4BrF4N3O2/c10-8(11,12)9(13,14)19-6-3-1-5(2-4-6)7(18)16-17-15/h1-4H. The number of benzene rings is 1. The number of nitrogens with zero attached hydrogens (tertiary/aromatic N) is 3. The molecule has 1 aromatic carbocycles. The van der Waals surface area contributed by atoms with Crippen molar-refractivity contribution in [2.45, 2.75) is 10.9 Å². The van der Waals surface area contributed by atoms with Crippen LogP contribution in [0.3, 0.4) is 0 Å². The topological polar surface area (TPSA) is 75.1 Å². The number of ether oxygens (including phenoxy) is 1. The molecule has 102 valence electrons. The minimum atomic E-state index is -4.76. The van der Waals surface area contributed by atoms with Gasteiger partial charge in [-0.25, -0.2) is 0 Å². The molecule has 0 aliphatic heterocycles. The summed E-state index contributed by atoms with van der Waals surface area (Å²) < 4.78 is 54.4.